The van der Waals surface area contributed by atoms with E-state index in [9.17, 15) is 14.4 Å². The molecule has 7 heteroatoms. The van der Waals surface area contributed by atoms with Crippen LogP contribution in [0.2, 0.25) is 0 Å². The molecule has 24 heavy (non-hydrogen) atoms. The number of carbonyl (C=O) groups excluding carboxylic acids is 2. The summed E-state index contributed by atoms with van der Waals surface area (Å²) in [6.07, 6.45) is 6.57. The smallest absolute Gasteiger partial charge is 0.335 e. The van der Waals surface area contributed by atoms with E-state index in [2.05, 4.69) is 11.9 Å². The van der Waals surface area contributed by atoms with Crippen molar-refractivity contribution in [2.75, 3.05) is 5.32 Å². The monoisotopic (exact) mass is 344 g/mol. The van der Waals surface area contributed by atoms with Crippen molar-refractivity contribution in [3.63, 3.8) is 0 Å². The third-order valence-electron chi connectivity index (χ3n) is 3.20. The van der Waals surface area contributed by atoms with E-state index >= 15 is 0 Å². The van der Waals surface area contributed by atoms with Crippen molar-refractivity contribution in [1.82, 2.24) is 4.90 Å². The fourth-order valence-electron chi connectivity index (χ4n) is 2.02. The lowest BCUT2D eigenvalue weighted by Crippen LogP contribution is -2.33. The van der Waals surface area contributed by atoms with Gasteiger partial charge < -0.3 is 10.4 Å². The first kappa shape index (κ1) is 17.6. The van der Waals surface area contributed by atoms with Crippen molar-refractivity contribution in [1.29, 1.82) is 0 Å². The van der Waals surface area contributed by atoms with Crippen molar-refractivity contribution < 1.29 is 19.5 Å². The van der Waals surface area contributed by atoms with Crippen LogP contribution in [-0.4, -0.2) is 32.5 Å². The number of thioether (sulfide) groups is 1. The maximum Gasteiger partial charge on any atom is 0.335 e. The molecule has 2 rings (SSSR count). The highest BCUT2D eigenvalue weighted by Gasteiger charge is 2.40. The molecule has 0 aromatic heterocycles. The second-order valence-corrected chi connectivity index (χ2v) is 5.84. The lowest BCUT2D eigenvalue weighted by Gasteiger charge is -2.15. The van der Waals surface area contributed by atoms with Gasteiger partial charge in [0.1, 0.15) is 0 Å². The predicted molar refractivity (Wildman–Crippen MR) is 93.7 cm³/mol. The van der Waals surface area contributed by atoms with E-state index in [0.29, 0.717) is 11.4 Å². The van der Waals surface area contributed by atoms with E-state index in [-0.39, 0.29) is 5.56 Å². The Labute approximate surface area is 143 Å². The first-order chi connectivity index (χ1) is 11.5. The average Bonchev–Trinajstić information content (AvgIpc) is 2.83. The molecule has 124 valence electrons. The molecule has 2 amide bonds. The molecule has 0 bridgehead atoms. The average molecular weight is 344 g/mol. The number of allylic oxidation sites excluding steroid dienone is 4. The zero-order chi connectivity index (χ0) is 17.7. The quantitative estimate of drug-likeness (QED) is 0.769. The van der Waals surface area contributed by atoms with Crippen LogP contribution in [0.25, 0.3) is 0 Å². The Bertz CT molecular complexity index is 737. The normalized spacial score (nSPS) is 18.3. The van der Waals surface area contributed by atoms with Gasteiger partial charge >= 0.3 is 5.97 Å². The largest absolute Gasteiger partial charge is 0.478 e. The van der Waals surface area contributed by atoms with Gasteiger partial charge in [-0.3, -0.25) is 9.59 Å². The number of hydrogen-bond donors (Lipinski definition) is 2. The second kappa shape index (κ2) is 7.65. The number of rotatable bonds is 6. The molecule has 0 unspecified atom stereocenters. The van der Waals surface area contributed by atoms with E-state index in [1.807, 2.05) is 6.92 Å². The number of nitrogens with one attached hydrogen (secondary N) is 1. The van der Waals surface area contributed by atoms with Crippen molar-refractivity contribution in [2.45, 2.75) is 12.3 Å². The van der Waals surface area contributed by atoms with Crippen molar-refractivity contribution in [3.8, 4) is 0 Å². The number of carboxylic acid groups (broad SMARTS) is 1. The van der Waals surface area contributed by atoms with Gasteiger partial charge in [-0.05, 0) is 55.1 Å². The minimum atomic E-state index is -1.03. The SMILES string of the molecule is C=C/C(=C\C=C\C)N1C(=O)S[C@H](Nc2ccc(C(=O)O)cc2)C1=O. The molecule has 2 N–H and O–H groups in total. The number of amides is 2. The predicted octanol–water partition coefficient (Wildman–Crippen LogP) is 3.46. The number of hydrogen-bond acceptors (Lipinski definition) is 5. The fourth-order valence-corrected chi connectivity index (χ4v) is 2.93. The van der Waals surface area contributed by atoms with Gasteiger partial charge in [-0.1, -0.05) is 18.7 Å². The zero-order valence-corrected chi connectivity index (χ0v) is 13.7. The molecule has 1 atom stereocenters. The fraction of sp³-hybridized carbons (Fsp3) is 0.118. The molecule has 1 aliphatic heterocycles. The minimum Gasteiger partial charge on any atom is -0.478 e. The summed E-state index contributed by atoms with van der Waals surface area (Å²) < 4.78 is 0. The Morgan fingerprint density at radius 2 is 2.00 bits per heavy atom. The van der Waals surface area contributed by atoms with Gasteiger partial charge in [0.15, 0.2) is 5.37 Å². The highest BCUT2D eigenvalue weighted by molar-refractivity contribution is 8.15. The Hall–Kier alpha value is -2.80. The van der Waals surface area contributed by atoms with Gasteiger partial charge in [-0.15, -0.1) is 0 Å². The Morgan fingerprint density at radius 1 is 1.33 bits per heavy atom. The summed E-state index contributed by atoms with van der Waals surface area (Å²) in [5, 5.41) is 10.6. The standard InChI is InChI=1S/C17H16N2O4S/c1-3-5-6-13(4-2)19-15(20)14(24-17(19)23)18-12-9-7-11(8-10-12)16(21)22/h3-10,14,18H,2H2,1H3,(H,21,22)/b5-3+,13-6+/t14-/m0/s1. The van der Waals surface area contributed by atoms with Crippen LogP contribution in [0.3, 0.4) is 0 Å². The minimum absolute atomic E-state index is 0.145. The number of imide groups is 1. The number of benzene rings is 1. The summed E-state index contributed by atoms with van der Waals surface area (Å²) in [6, 6.07) is 5.95. The van der Waals surface area contributed by atoms with Crippen LogP contribution < -0.4 is 5.32 Å². The van der Waals surface area contributed by atoms with E-state index in [4.69, 9.17) is 5.11 Å². The first-order valence-electron chi connectivity index (χ1n) is 7.07. The first-order valence-corrected chi connectivity index (χ1v) is 7.95. The highest BCUT2D eigenvalue weighted by Crippen LogP contribution is 2.31. The number of aromatic carboxylic acids is 1. The molecular weight excluding hydrogens is 328 g/mol. The van der Waals surface area contributed by atoms with Gasteiger partial charge in [0, 0.05) is 5.69 Å². The maximum atomic E-state index is 12.5. The molecule has 1 fully saturated rings. The Morgan fingerprint density at radius 3 is 2.54 bits per heavy atom. The second-order valence-electron chi connectivity index (χ2n) is 4.79. The van der Waals surface area contributed by atoms with E-state index in [1.165, 1.54) is 18.2 Å². The summed E-state index contributed by atoms with van der Waals surface area (Å²) >= 11 is 0.862. The Kier molecular flexibility index (Phi) is 5.59. The van der Waals surface area contributed by atoms with Gasteiger partial charge in [0.05, 0.1) is 11.3 Å². The summed E-state index contributed by atoms with van der Waals surface area (Å²) in [5.41, 5.74) is 1.10. The summed E-state index contributed by atoms with van der Waals surface area (Å²) in [7, 11) is 0. The van der Waals surface area contributed by atoms with Crippen molar-refractivity contribution >= 4 is 34.6 Å². The molecule has 1 heterocycles. The zero-order valence-electron chi connectivity index (χ0n) is 12.9. The molecule has 1 aromatic carbocycles. The molecule has 6 nitrogen and oxygen atoms in total. The van der Waals surface area contributed by atoms with Gasteiger partial charge in [0.2, 0.25) is 0 Å². The number of nitrogens with zero attached hydrogens (tertiary/aromatic N) is 1. The van der Waals surface area contributed by atoms with E-state index in [1.54, 1.807) is 30.4 Å². The van der Waals surface area contributed by atoms with Gasteiger partial charge in [-0.2, -0.15) is 0 Å². The maximum absolute atomic E-state index is 12.5. The van der Waals surface area contributed by atoms with Crippen LogP contribution in [0.15, 0.2) is 60.8 Å². The highest BCUT2D eigenvalue weighted by atomic mass is 32.2. The summed E-state index contributed by atoms with van der Waals surface area (Å²) in [6.45, 7) is 5.45. The lowest BCUT2D eigenvalue weighted by atomic mass is 10.2. The lowest BCUT2D eigenvalue weighted by molar-refractivity contribution is -0.124. The molecule has 1 saturated heterocycles. The van der Waals surface area contributed by atoms with E-state index < -0.39 is 22.5 Å². The molecule has 0 spiro atoms. The van der Waals surface area contributed by atoms with Crippen molar-refractivity contribution in [3.05, 3.63) is 66.4 Å². The number of anilines is 1. The topological polar surface area (TPSA) is 86.7 Å². The molecular formula is C17H16N2O4S. The van der Waals surface area contributed by atoms with E-state index in [0.717, 1.165) is 16.7 Å². The molecule has 1 aromatic rings. The van der Waals surface area contributed by atoms with Gasteiger partial charge in [-0.25, -0.2) is 9.69 Å². The van der Waals surface area contributed by atoms with Crippen LogP contribution in [0.5, 0.6) is 0 Å². The third-order valence-corrected chi connectivity index (χ3v) is 4.14. The number of carbonyl (C=O) groups is 3. The van der Waals surface area contributed by atoms with Crippen LogP contribution in [0.1, 0.15) is 17.3 Å². The molecule has 0 aliphatic carbocycles. The van der Waals surface area contributed by atoms with Gasteiger partial charge in [0.25, 0.3) is 11.1 Å². The van der Waals surface area contributed by atoms with Crippen LogP contribution >= 0.6 is 11.8 Å². The molecule has 0 saturated carbocycles. The summed E-state index contributed by atoms with van der Waals surface area (Å²) in [4.78, 5) is 36.5. The Balaban J connectivity index is 2.16. The van der Waals surface area contributed by atoms with Crippen LogP contribution in [-0.2, 0) is 4.79 Å². The third kappa shape index (κ3) is 3.75. The van der Waals surface area contributed by atoms with Crippen molar-refractivity contribution in [2.24, 2.45) is 0 Å². The number of carboxylic acids is 1. The van der Waals surface area contributed by atoms with Crippen LogP contribution in [0.4, 0.5) is 10.5 Å². The molecule has 1 aliphatic rings. The van der Waals surface area contributed by atoms with Crippen LogP contribution in [0, 0.1) is 0 Å². The summed E-state index contributed by atoms with van der Waals surface area (Å²) in [5.74, 6) is -1.43. The molecule has 0 radical (unpaired) electrons.